The Kier molecular flexibility index (Phi) is 5.49. The van der Waals surface area contributed by atoms with Gasteiger partial charge in [-0.2, -0.15) is 0 Å². The normalized spacial score (nSPS) is 10.5. The molecule has 144 valence electrons. The maximum absolute atomic E-state index is 12.2. The molecule has 0 atom stereocenters. The summed E-state index contributed by atoms with van der Waals surface area (Å²) >= 11 is 1.07. The van der Waals surface area contributed by atoms with Crippen LogP contribution in [0.4, 0.5) is 4.79 Å². The molecule has 0 aliphatic carbocycles. The third-order valence-electron chi connectivity index (χ3n) is 3.92. The fourth-order valence-corrected chi connectivity index (χ4v) is 3.20. The summed E-state index contributed by atoms with van der Waals surface area (Å²) in [4.78, 5) is 25.0. The van der Waals surface area contributed by atoms with Gasteiger partial charge in [0.05, 0.1) is 0 Å². The van der Waals surface area contributed by atoms with E-state index >= 15 is 0 Å². The van der Waals surface area contributed by atoms with Crippen LogP contribution >= 0.6 is 11.9 Å². The van der Waals surface area contributed by atoms with Gasteiger partial charge in [0, 0.05) is 10.3 Å². The van der Waals surface area contributed by atoms with Gasteiger partial charge in [0.15, 0.2) is 5.76 Å². The number of rotatable bonds is 5. The Morgan fingerprint density at radius 3 is 2.41 bits per heavy atom. The number of ether oxygens (including phenoxy) is 1. The molecule has 4 rings (SSSR count). The molecule has 0 aliphatic rings. The summed E-state index contributed by atoms with van der Waals surface area (Å²) in [6, 6.07) is 24.8. The lowest BCUT2D eigenvalue weighted by Gasteiger charge is -2.08. The fourth-order valence-electron chi connectivity index (χ4n) is 2.62. The molecule has 29 heavy (non-hydrogen) atoms. The number of benzene rings is 3. The minimum atomic E-state index is -0.644. The van der Waals surface area contributed by atoms with Crippen LogP contribution in [0.25, 0.3) is 11.0 Å². The highest BCUT2D eigenvalue weighted by molar-refractivity contribution is 7.98. The summed E-state index contributed by atoms with van der Waals surface area (Å²) in [7, 11) is 0. The molecule has 6 nitrogen and oxygen atoms in total. The van der Waals surface area contributed by atoms with Crippen molar-refractivity contribution in [3.63, 3.8) is 0 Å². The number of urea groups is 1. The highest BCUT2D eigenvalue weighted by atomic mass is 32.2. The van der Waals surface area contributed by atoms with Gasteiger partial charge in [-0.25, -0.2) is 4.79 Å². The Bertz CT molecular complexity index is 1120. The molecular weight excluding hydrogens is 388 g/mol. The van der Waals surface area contributed by atoms with Gasteiger partial charge in [0.25, 0.3) is 5.91 Å². The molecule has 1 heterocycles. The Labute approximate surface area is 171 Å². The Morgan fingerprint density at radius 2 is 1.59 bits per heavy atom. The fraction of sp³-hybridized carbons (Fsp3) is 0. The summed E-state index contributed by atoms with van der Waals surface area (Å²) < 4.78 is 13.8. The predicted octanol–water partition coefficient (Wildman–Crippen LogP) is 5.37. The van der Waals surface area contributed by atoms with Gasteiger partial charge >= 0.3 is 6.03 Å². The number of para-hydroxylation sites is 2. The largest absolute Gasteiger partial charge is 0.457 e. The van der Waals surface area contributed by atoms with Crippen LogP contribution in [-0.4, -0.2) is 11.9 Å². The van der Waals surface area contributed by atoms with Gasteiger partial charge in [-0.05, 0) is 54.4 Å². The van der Waals surface area contributed by atoms with E-state index in [1.807, 2.05) is 66.7 Å². The zero-order chi connectivity index (χ0) is 20.1. The molecule has 0 fully saturated rings. The Balaban J connectivity index is 1.33. The first kappa shape index (κ1) is 18.6. The van der Waals surface area contributed by atoms with Crippen LogP contribution in [0.5, 0.6) is 11.5 Å². The van der Waals surface area contributed by atoms with Crippen molar-refractivity contribution in [3.8, 4) is 11.5 Å². The van der Waals surface area contributed by atoms with E-state index in [1.165, 1.54) is 0 Å². The number of carbonyl (C=O) groups excluding carboxylic acids is 2. The highest BCUT2D eigenvalue weighted by Crippen LogP contribution is 2.25. The van der Waals surface area contributed by atoms with E-state index in [0.29, 0.717) is 11.3 Å². The van der Waals surface area contributed by atoms with Crippen LogP contribution in [0.15, 0.2) is 94.2 Å². The van der Waals surface area contributed by atoms with Crippen LogP contribution in [0.3, 0.4) is 0 Å². The summed E-state index contributed by atoms with van der Waals surface area (Å²) in [5.41, 5.74) is 0.586. The van der Waals surface area contributed by atoms with Crippen molar-refractivity contribution < 1.29 is 18.7 Å². The average Bonchev–Trinajstić information content (AvgIpc) is 3.18. The number of amides is 3. The summed E-state index contributed by atoms with van der Waals surface area (Å²) in [5.74, 6) is 0.823. The Hall–Kier alpha value is -3.71. The molecule has 4 aromatic rings. The van der Waals surface area contributed by atoms with E-state index in [2.05, 4.69) is 10.0 Å². The number of hydrogen-bond acceptors (Lipinski definition) is 5. The molecular formula is C22H16N2O4S. The lowest BCUT2D eigenvalue weighted by molar-refractivity contribution is 0.0940. The second-order valence-corrected chi connectivity index (χ2v) is 6.91. The minimum absolute atomic E-state index is 0.0737. The summed E-state index contributed by atoms with van der Waals surface area (Å²) in [6.07, 6.45) is 0. The van der Waals surface area contributed by atoms with Crippen LogP contribution in [0.1, 0.15) is 10.6 Å². The third-order valence-corrected chi connectivity index (χ3v) is 4.70. The van der Waals surface area contributed by atoms with E-state index in [4.69, 9.17) is 9.15 Å². The lowest BCUT2D eigenvalue weighted by Crippen LogP contribution is -2.36. The van der Waals surface area contributed by atoms with Crippen LogP contribution in [0.2, 0.25) is 0 Å². The summed E-state index contributed by atoms with van der Waals surface area (Å²) in [6.45, 7) is 0. The van der Waals surface area contributed by atoms with Gasteiger partial charge in [-0.15, -0.1) is 0 Å². The van der Waals surface area contributed by atoms with Crippen molar-refractivity contribution >= 4 is 34.9 Å². The van der Waals surface area contributed by atoms with Gasteiger partial charge in [-0.1, -0.05) is 42.5 Å². The highest BCUT2D eigenvalue weighted by Gasteiger charge is 2.15. The SMILES string of the molecule is O=C(NSc1cccc(Oc2ccccc2)c1)NC(=O)c1cc2ccccc2o1. The van der Waals surface area contributed by atoms with Gasteiger partial charge < -0.3 is 9.15 Å². The molecule has 1 aromatic heterocycles. The van der Waals surface area contributed by atoms with E-state index in [0.717, 1.165) is 28.0 Å². The topological polar surface area (TPSA) is 80.6 Å². The lowest BCUT2D eigenvalue weighted by atomic mass is 10.2. The van der Waals surface area contributed by atoms with Gasteiger partial charge in [-0.3, -0.25) is 14.8 Å². The quantitative estimate of drug-likeness (QED) is 0.437. The van der Waals surface area contributed by atoms with Gasteiger partial charge in [0.2, 0.25) is 0 Å². The number of hydrogen-bond donors (Lipinski definition) is 2. The zero-order valence-electron chi connectivity index (χ0n) is 15.1. The summed E-state index contributed by atoms with van der Waals surface area (Å²) in [5, 5.41) is 3.04. The number of fused-ring (bicyclic) bond motifs is 1. The number of imide groups is 1. The van der Waals surface area contributed by atoms with Crippen molar-refractivity contribution in [2.24, 2.45) is 0 Å². The Morgan fingerprint density at radius 1 is 0.828 bits per heavy atom. The van der Waals surface area contributed by atoms with Crippen LogP contribution < -0.4 is 14.8 Å². The van der Waals surface area contributed by atoms with Crippen molar-refractivity contribution in [3.05, 3.63) is 90.7 Å². The number of carbonyl (C=O) groups is 2. The molecule has 3 amide bonds. The number of furan rings is 1. The third kappa shape index (κ3) is 4.77. The van der Waals surface area contributed by atoms with Crippen molar-refractivity contribution in [1.82, 2.24) is 10.0 Å². The van der Waals surface area contributed by atoms with Gasteiger partial charge in [0.1, 0.15) is 17.1 Å². The smallest absolute Gasteiger partial charge is 0.332 e. The maximum Gasteiger partial charge on any atom is 0.332 e. The van der Waals surface area contributed by atoms with Crippen LogP contribution in [-0.2, 0) is 0 Å². The van der Waals surface area contributed by atoms with E-state index in [-0.39, 0.29) is 5.76 Å². The standard InChI is InChI=1S/C22H16N2O4S/c25-21(20-13-15-7-4-5-12-19(15)28-20)23-22(26)24-29-18-11-6-10-17(14-18)27-16-8-2-1-3-9-16/h1-14H,(H2,23,24,25,26). The first-order valence-electron chi connectivity index (χ1n) is 8.77. The zero-order valence-corrected chi connectivity index (χ0v) is 15.9. The molecule has 0 unspecified atom stereocenters. The molecule has 0 spiro atoms. The van der Waals surface area contributed by atoms with Crippen molar-refractivity contribution in [1.29, 1.82) is 0 Å². The van der Waals surface area contributed by atoms with E-state index in [9.17, 15) is 9.59 Å². The molecule has 7 heteroatoms. The molecule has 0 saturated heterocycles. The van der Waals surface area contributed by atoms with Crippen molar-refractivity contribution in [2.75, 3.05) is 0 Å². The molecule has 0 bridgehead atoms. The van der Waals surface area contributed by atoms with Crippen LogP contribution in [0, 0.1) is 0 Å². The first-order chi connectivity index (χ1) is 14.2. The first-order valence-corrected chi connectivity index (χ1v) is 9.59. The second-order valence-electron chi connectivity index (χ2n) is 6.03. The van der Waals surface area contributed by atoms with E-state index in [1.54, 1.807) is 18.2 Å². The minimum Gasteiger partial charge on any atom is -0.457 e. The predicted molar refractivity (Wildman–Crippen MR) is 111 cm³/mol. The molecule has 0 aliphatic heterocycles. The molecule has 0 saturated carbocycles. The number of nitrogens with one attached hydrogen (secondary N) is 2. The second kappa shape index (κ2) is 8.53. The van der Waals surface area contributed by atoms with Crippen molar-refractivity contribution in [2.45, 2.75) is 4.90 Å². The molecule has 0 radical (unpaired) electrons. The monoisotopic (exact) mass is 404 g/mol. The average molecular weight is 404 g/mol. The molecule has 3 aromatic carbocycles. The molecule has 2 N–H and O–H groups in total. The maximum atomic E-state index is 12.2. The van der Waals surface area contributed by atoms with E-state index < -0.39 is 11.9 Å².